The van der Waals surface area contributed by atoms with Gasteiger partial charge in [0.2, 0.25) is 5.91 Å². The van der Waals surface area contributed by atoms with Crippen molar-refractivity contribution >= 4 is 11.6 Å². The average molecular weight is 363 g/mol. The van der Waals surface area contributed by atoms with Crippen LogP contribution in [0.4, 0.5) is 5.69 Å². The summed E-state index contributed by atoms with van der Waals surface area (Å²) in [6.07, 6.45) is 2.89. The van der Waals surface area contributed by atoms with E-state index < -0.39 is 0 Å². The third-order valence-corrected chi connectivity index (χ3v) is 5.05. The summed E-state index contributed by atoms with van der Waals surface area (Å²) in [5.74, 6) is -0.137. The molecule has 6 heteroatoms. The highest BCUT2D eigenvalue weighted by Gasteiger charge is 2.28. The van der Waals surface area contributed by atoms with Crippen LogP contribution in [0.25, 0.3) is 10.4 Å². The molecule has 0 unspecified atom stereocenters. The summed E-state index contributed by atoms with van der Waals surface area (Å²) in [4.78, 5) is 19.7. The lowest BCUT2D eigenvalue weighted by Crippen LogP contribution is -2.48. The molecule has 1 amide bonds. The molecule has 1 aliphatic rings. The molecule has 1 saturated heterocycles. The van der Waals surface area contributed by atoms with Crippen LogP contribution in [0.15, 0.2) is 65.8 Å². The van der Waals surface area contributed by atoms with Gasteiger partial charge in [-0.05, 0) is 42.5 Å². The van der Waals surface area contributed by atoms with Crippen molar-refractivity contribution in [3.63, 3.8) is 0 Å². The van der Waals surface area contributed by atoms with Crippen LogP contribution in [-0.4, -0.2) is 43.0 Å². The first-order valence-corrected chi connectivity index (χ1v) is 9.42. The minimum Gasteiger partial charge on any atom is -0.309 e. The lowest BCUT2D eigenvalue weighted by atomic mass is 10.0. The van der Waals surface area contributed by atoms with Gasteiger partial charge in [-0.2, -0.15) is 0 Å². The molecule has 2 aromatic rings. The maximum absolute atomic E-state index is 12.6. The van der Waals surface area contributed by atoms with Crippen molar-refractivity contribution < 1.29 is 4.79 Å². The van der Waals surface area contributed by atoms with Crippen molar-refractivity contribution in [2.75, 3.05) is 31.1 Å². The van der Waals surface area contributed by atoms with Gasteiger partial charge in [-0.25, -0.2) is 0 Å². The van der Waals surface area contributed by atoms with Gasteiger partial charge < -0.3 is 9.80 Å². The van der Waals surface area contributed by atoms with Crippen LogP contribution in [0.3, 0.4) is 0 Å². The Morgan fingerprint density at radius 1 is 1.07 bits per heavy atom. The Kier molecular flexibility index (Phi) is 6.85. The number of likely N-dealkylation sites (tertiary alicyclic amines) is 1. The lowest BCUT2D eigenvalue weighted by Gasteiger charge is -2.38. The van der Waals surface area contributed by atoms with E-state index in [4.69, 9.17) is 5.53 Å². The van der Waals surface area contributed by atoms with Crippen molar-refractivity contribution in [2.24, 2.45) is 5.11 Å². The summed E-state index contributed by atoms with van der Waals surface area (Å²) >= 11 is 0. The molecule has 0 radical (unpaired) electrons. The molecule has 1 heterocycles. The van der Waals surface area contributed by atoms with Crippen LogP contribution in [-0.2, 0) is 11.2 Å². The zero-order chi connectivity index (χ0) is 18.9. The number of piperidine rings is 1. The van der Waals surface area contributed by atoms with Gasteiger partial charge in [0, 0.05) is 36.3 Å². The molecule has 27 heavy (non-hydrogen) atoms. The highest BCUT2D eigenvalue weighted by atomic mass is 16.2. The van der Waals surface area contributed by atoms with Gasteiger partial charge in [0.1, 0.15) is 6.54 Å². The number of amides is 1. The van der Waals surface area contributed by atoms with E-state index in [1.54, 1.807) is 0 Å². The minimum atomic E-state index is -0.139. The van der Waals surface area contributed by atoms with Crippen LogP contribution >= 0.6 is 0 Å². The van der Waals surface area contributed by atoms with Gasteiger partial charge in [0.05, 0.1) is 0 Å². The van der Waals surface area contributed by atoms with E-state index in [0.717, 1.165) is 44.6 Å². The molecule has 3 rings (SSSR count). The van der Waals surface area contributed by atoms with E-state index in [-0.39, 0.29) is 18.5 Å². The van der Waals surface area contributed by atoms with Crippen molar-refractivity contribution in [1.82, 2.24) is 4.90 Å². The standard InChI is InChI=1S/C21H25N5O/c22-24-23-17-21(27)26(19-9-5-2-6-10-19)20-12-15-25(16-13-20)14-11-18-7-3-1-4-8-18/h1-10,20H,11-17H2. The van der Waals surface area contributed by atoms with Gasteiger partial charge in [-0.1, -0.05) is 53.6 Å². The molecule has 0 saturated carbocycles. The molecule has 140 valence electrons. The van der Waals surface area contributed by atoms with Crippen LogP contribution in [0.2, 0.25) is 0 Å². The fourth-order valence-electron chi connectivity index (χ4n) is 3.65. The number of benzene rings is 2. The maximum Gasteiger partial charge on any atom is 0.233 e. The van der Waals surface area contributed by atoms with Crippen LogP contribution in [0.5, 0.6) is 0 Å². The third kappa shape index (κ3) is 5.33. The van der Waals surface area contributed by atoms with E-state index in [0.29, 0.717) is 0 Å². The van der Waals surface area contributed by atoms with Gasteiger partial charge in [-0.3, -0.25) is 4.79 Å². The summed E-state index contributed by atoms with van der Waals surface area (Å²) < 4.78 is 0. The highest BCUT2D eigenvalue weighted by Crippen LogP contribution is 2.24. The summed E-state index contributed by atoms with van der Waals surface area (Å²) in [5.41, 5.74) is 10.8. The molecule has 1 aliphatic heterocycles. The highest BCUT2D eigenvalue weighted by molar-refractivity contribution is 5.95. The minimum absolute atomic E-state index is 0.137. The summed E-state index contributed by atoms with van der Waals surface area (Å²) in [5, 5.41) is 3.47. The molecule has 6 nitrogen and oxygen atoms in total. The number of hydrogen-bond acceptors (Lipinski definition) is 3. The molecule has 2 aromatic carbocycles. The fraction of sp³-hybridized carbons (Fsp3) is 0.381. The molecule has 0 N–H and O–H groups in total. The third-order valence-electron chi connectivity index (χ3n) is 5.05. The molecule has 1 fully saturated rings. The predicted molar refractivity (Wildman–Crippen MR) is 108 cm³/mol. The Balaban J connectivity index is 1.60. The second kappa shape index (κ2) is 9.76. The zero-order valence-corrected chi connectivity index (χ0v) is 15.4. The predicted octanol–water partition coefficient (Wildman–Crippen LogP) is 4.04. The van der Waals surface area contributed by atoms with Crippen molar-refractivity contribution in [2.45, 2.75) is 25.3 Å². The largest absolute Gasteiger partial charge is 0.309 e. The van der Waals surface area contributed by atoms with Crippen molar-refractivity contribution in [3.05, 3.63) is 76.7 Å². The number of azide groups is 1. The Morgan fingerprint density at radius 2 is 1.70 bits per heavy atom. The lowest BCUT2D eigenvalue weighted by molar-refractivity contribution is -0.118. The van der Waals surface area contributed by atoms with Crippen molar-refractivity contribution in [3.8, 4) is 0 Å². The number of hydrogen-bond donors (Lipinski definition) is 0. The van der Waals surface area contributed by atoms with E-state index in [1.807, 2.05) is 41.3 Å². The molecule has 0 atom stereocenters. The van der Waals surface area contributed by atoms with E-state index in [9.17, 15) is 4.79 Å². The number of carbonyl (C=O) groups is 1. The first-order valence-electron chi connectivity index (χ1n) is 9.42. The SMILES string of the molecule is [N-]=[N+]=NCC(=O)N(c1ccccc1)C1CCN(CCc2ccccc2)CC1. The first-order chi connectivity index (χ1) is 13.3. The maximum atomic E-state index is 12.6. The van der Waals surface area contributed by atoms with Gasteiger partial charge in [0.15, 0.2) is 0 Å². The van der Waals surface area contributed by atoms with Crippen LogP contribution in [0, 0.1) is 0 Å². The van der Waals surface area contributed by atoms with Crippen LogP contribution < -0.4 is 4.90 Å². The Morgan fingerprint density at radius 3 is 2.33 bits per heavy atom. The zero-order valence-electron chi connectivity index (χ0n) is 15.4. The normalized spacial score (nSPS) is 15.1. The number of rotatable bonds is 7. The summed E-state index contributed by atoms with van der Waals surface area (Å²) in [7, 11) is 0. The molecule has 0 spiro atoms. The number of anilines is 1. The molecule has 0 bridgehead atoms. The van der Waals surface area contributed by atoms with Gasteiger partial charge in [-0.15, -0.1) is 0 Å². The summed E-state index contributed by atoms with van der Waals surface area (Å²) in [6.45, 7) is 2.83. The van der Waals surface area contributed by atoms with Gasteiger partial charge >= 0.3 is 0 Å². The number of carbonyl (C=O) groups excluding carboxylic acids is 1. The number of para-hydroxylation sites is 1. The Hall–Kier alpha value is -2.82. The van der Waals surface area contributed by atoms with E-state index in [2.05, 4.69) is 39.2 Å². The van der Waals surface area contributed by atoms with Crippen LogP contribution in [0.1, 0.15) is 18.4 Å². The first kappa shape index (κ1) is 19.0. The monoisotopic (exact) mass is 363 g/mol. The number of nitrogens with zero attached hydrogens (tertiary/aromatic N) is 5. The smallest absolute Gasteiger partial charge is 0.233 e. The van der Waals surface area contributed by atoms with E-state index >= 15 is 0 Å². The summed E-state index contributed by atoms with van der Waals surface area (Å²) in [6, 6.07) is 20.3. The van der Waals surface area contributed by atoms with Gasteiger partial charge in [0.25, 0.3) is 0 Å². The molecular weight excluding hydrogens is 338 g/mol. The quantitative estimate of drug-likeness (QED) is 0.423. The molecular formula is C21H25N5O. The second-order valence-corrected chi connectivity index (χ2v) is 6.80. The van der Waals surface area contributed by atoms with Crippen molar-refractivity contribution in [1.29, 1.82) is 0 Å². The second-order valence-electron chi connectivity index (χ2n) is 6.80. The molecule has 0 aromatic heterocycles. The fourth-order valence-corrected chi connectivity index (χ4v) is 3.65. The van der Waals surface area contributed by atoms with E-state index in [1.165, 1.54) is 5.56 Å². The Labute approximate surface area is 160 Å². The topological polar surface area (TPSA) is 72.3 Å². The molecule has 0 aliphatic carbocycles. The average Bonchev–Trinajstić information content (AvgIpc) is 2.73. The Bertz CT molecular complexity index is 766.